The van der Waals surface area contributed by atoms with Gasteiger partial charge in [0.2, 0.25) is 11.8 Å². The van der Waals surface area contributed by atoms with Crippen molar-refractivity contribution in [2.24, 2.45) is 11.8 Å². The fourth-order valence-corrected chi connectivity index (χ4v) is 3.76. The first-order valence-electron chi connectivity index (χ1n) is 9.34. The first-order chi connectivity index (χ1) is 12.7. The number of rotatable bonds is 5. The minimum Gasteiger partial charge on any atom is -0.467 e. The maximum absolute atomic E-state index is 12.7. The lowest BCUT2D eigenvalue weighted by Gasteiger charge is -2.37. The highest BCUT2D eigenvalue weighted by Gasteiger charge is 2.39. The van der Waals surface area contributed by atoms with Gasteiger partial charge in [-0.2, -0.15) is 0 Å². The van der Waals surface area contributed by atoms with Crippen molar-refractivity contribution in [3.8, 4) is 0 Å². The standard InChI is InChI=1S/C21H24N2O3/c24-20(22-12-19-7-4-10-26-19)18-11-17(15-5-2-1-3-6-15)13-23(14-18)21(25)16-8-9-16/h1-7,10,16-18H,8-9,11-14H2,(H,22,24)/t17-,18-/m0/s1. The third-order valence-corrected chi connectivity index (χ3v) is 5.35. The number of nitrogens with zero attached hydrogens (tertiary/aromatic N) is 1. The van der Waals surface area contributed by atoms with Gasteiger partial charge in [-0.3, -0.25) is 9.59 Å². The summed E-state index contributed by atoms with van der Waals surface area (Å²) in [6.07, 6.45) is 4.34. The van der Waals surface area contributed by atoms with E-state index in [0.717, 1.165) is 25.0 Å². The second-order valence-electron chi connectivity index (χ2n) is 7.35. The Balaban J connectivity index is 1.47. The maximum atomic E-state index is 12.7. The molecule has 136 valence electrons. The zero-order valence-electron chi connectivity index (χ0n) is 14.8. The van der Waals surface area contributed by atoms with E-state index < -0.39 is 0 Å². The Morgan fingerprint density at radius 1 is 1.04 bits per heavy atom. The first-order valence-corrected chi connectivity index (χ1v) is 9.34. The van der Waals surface area contributed by atoms with Crippen molar-refractivity contribution in [2.75, 3.05) is 13.1 Å². The van der Waals surface area contributed by atoms with Gasteiger partial charge in [0.05, 0.1) is 18.7 Å². The van der Waals surface area contributed by atoms with E-state index in [0.29, 0.717) is 19.6 Å². The van der Waals surface area contributed by atoms with Crippen molar-refractivity contribution in [2.45, 2.75) is 31.7 Å². The highest BCUT2D eigenvalue weighted by atomic mass is 16.3. The molecular formula is C21H24N2O3. The molecule has 1 N–H and O–H groups in total. The lowest BCUT2D eigenvalue weighted by molar-refractivity contribution is -0.137. The van der Waals surface area contributed by atoms with Crippen molar-refractivity contribution in [1.82, 2.24) is 10.2 Å². The maximum Gasteiger partial charge on any atom is 0.225 e. The van der Waals surface area contributed by atoms with E-state index in [1.54, 1.807) is 6.26 Å². The number of piperidine rings is 1. The smallest absolute Gasteiger partial charge is 0.225 e. The van der Waals surface area contributed by atoms with E-state index in [1.165, 1.54) is 5.56 Å². The van der Waals surface area contributed by atoms with Gasteiger partial charge in [-0.05, 0) is 37.0 Å². The molecule has 4 rings (SSSR count). The van der Waals surface area contributed by atoms with Gasteiger partial charge < -0.3 is 14.6 Å². The molecule has 2 heterocycles. The molecule has 0 spiro atoms. The number of carbonyl (C=O) groups is 2. The predicted octanol–water partition coefficient (Wildman–Crippen LogP) is 2.94. The third-order valence-electron chi connectivity index (χ3n) is 5.35. The van der Waals surface area contributed by atoms with Crippen LogP contribution >= 0.6 is 0 Å². The average molecular weight is 352 g/mol. The molecule has 2 aliphatic rings. The second-order valence-corrected chi connectivity index (χ2v) is 7.35. The molecule has 2 fully saturated rings. The van der Waals surface area contributed by atoms with Gasteiger partial charge in [0.25, 0.3) is 0 Å². The number of furan rings is 1. The third kappa shape index (κ3) is 3.82. The summed E-state index contributed by atoms with van der Waals surface area (Å²) in [5, 5.41) is 2.96. The molecule has 2 amide bonds. The van der Waals surface area contributed by atoms with Crippen LogP contribution in [0.3, 0.4) is 0 Å². The van der Waals surface area contributed by atoms with Crippen molar-refractivity contribution < 1.29 is 14.0 Å². The fourth-order valence-electron chi connectivity index (χ4n) is 3.76. The molecule has 1 saturated heterocycles. The van der Waals surface area contributed by atoms with Crippen LogP contribution in [0.4, 0.5) is 0 Å². The lowest BCUT2D eigenvalue weighted by atomic mass is 9.84. The minimum atomic E-state index is -0.188. The van der Waals surface area contributed by atoms with Crippen molar-refractivity contribution in [3.63, 3.8) is 0 Å². The van der Waals surface area contributed by atoms with Gasteiger partial charge in [-0.15, -0.1) is 0 Å². The number of amides is 2. The quantitative estimate of drug-likeness (QED) is 0.900. The van der Waals surface area contributed by atoms with E-state index in [-0.39, 0.29) is 29.6 Å². The molecule has 1 aliphatic carbocycles. The molecule has 1 aliphatic heterocycles. The van der Waals surface area contributed by atoms with Gasteiger partial charge in [-0.1, -0.05) is 30.3 Å². The van der Waals surface area contributed by atoms with Gasteiger partial charge >= 0.3 is 0 Å². The van der Waals surface area contributed by atoms with Crippen LogP contribution in [0.25, 0.3) is 0 Å². The topological polar surface area (TPSA) is 62.6 Å². The van der Waals surface area contributed by atoms with Crippen LogP contribution < -0.4 is 5.32 Å². The predicted molar refractivity (Wildman–Crippen MR) is 97.1 cm³/mol. The zero-order valence-corrected chi connectivity index (χ0v) is 14.8. The highest BCUT2D eigenvalue weighted by molar-refractivity contribution is 5.83. The number of hydrogen-bond donors (Lipinski definition) is 1. The zero-order chi connectivity index (χ0) is 17.9. The molecule has 5 nitrogen and oxygen atoms in total. The summed E-state index contributed by atoms with van der Waals surface area (Å²) in [5.41, 5.74) is 1.20. The Morgan fingerprint density at radius 2 is 1.85 bits per heavy atom. The highest BCUT2D eigenvalue weighted by Crippen LogP contribution is 2.36. The van der Waals surface area contributed by atoms with Gasteiger partial charge in [-0.25, -0.2) is 0 Å². The minimum absolute atomic E-state index is 0.00405. The Hall–Kier alpha value is -2.56. The molecule has 0 radical (unpaired) electrons. The molecule has 1 aromatic carbocycles. The largest absolute Gasteiger partial charge is 0.467 e. The van der Waals surface area contributed by atoms with Crippen molar-refractivity contribution in [1.29, 1.82) is 0 Å². The first kappa shape index (κ1) is 16.9. The number of likely N-dealkylation sites (tertiary alicyclic amines) is 1. The van der Waals surface area contributed by atoms with Crippen LogP contribution in [0.1, 0.15) is 36.5 Å². The van der Waals surface area contributed by atoms with Gasteiger partial charge in [0, 0.05) is 24.9 Å². The molecule has 0 unspecified atom stereocenters. The molecular weight excluding hydrogens is 328 g/mol. The Bertz CT molecular complexity index is 753. The molecule has 2 aromatic rings. The van der Waals surface area contributed by atoms with Crippen molar-refractivity contribution >= 4 is 11.8 Å². The summed E-state index contributed by atoms with van der Waals surface area (Å²) in [5.74, 6) is 1.14. The summed E-state index contributed by atoms with van der Waals surface area (Å²) in [4.78, 5) is 27.3. The Labute approximate surface area is 153 Å². The van der Waals surface area contributed by atoms with E-state index in [9.17, 15) is 9.59 Å². The number of carbonyl (C=O) groups excluding carboxylic acids is 2. The molecule has 0 bridgehead atoms. The van der Waals surface area contributed by atoms with E-state index in [1.807, 2.05) is 35.2 Å². The second kappa shape index (κ2) is 7.36. The number of hydrogen-bond acceptors (Lipinski definition) is 3. The Kier molecular flexibility index (Phi) is 4.78. The Morgan fingerprint density at radius 3 is 2.54 bits per heavy atom. The summed E-state index contributed by atoms with van der Waals surface area (Å²) >= 11 is 0. The van der Waals surface area contributed by atoms with Crippen LogP contribution in [0.2, 0.25) is 0 Å². The molecule has 1 aromatic heterocycles. The summed E-state index contributed by atoms with van der Waals surface area (Å²) in [6, 6.07) is 13.9. The molecule has 1 saturated carbocycles. The van der Waals surface area contributed by atoms with E-state index in [4.69, 9.17) is 4.42 Å². The number of nitrogens with one attached hydrogen (secondary N) is 1. The SMILES string of the molecule is O=C(NCc1ccco1)[C@H]1C[C@H](c2ccccc2)CN(C(=O)C2CC2)C1. The normalized spacial score (nSPS) is 22.8. The summed E-state index contributed by atoms with van der Waals surface area (Å²) < 4.78 is 5.28. The van der Waals surface area contributed by atoms with Crippen LogP contribution in [0.5, 0.6) is 0 Å². The van der Waals surface area contributed by atoms with Crippen molar-refractivity contribution in [3.05, 3.63) is 60.1 Å². The molecule has 26 heavy (non-hydrogen) atoms. The lowest BCUT2D eigenvalue weighted by Crippen LogP contribution is -2.48. The summed E-state index contributed by atoms with van der Waals surface area (Å²) in [6.45, 7) is 1.61. The monoisotopic (exact) mass is 352 g/mol. The van der Waals surface area contributed by atoms with Crippen LogP contribution in [0.15, 0.2) is 53.1 Å². The van der Waals surface area contributed by atoms with Crippen LogP contribution in [0, 0.1) is 11.8 Å². The van der Waals surface area contributed by atoms with Crippen LogP contribution in [-0.2, 0) is 16.1 Å². The molecule has 5 heteroatoms. The fraction of sp³-hybridized carbons (Fsp3) is 0.429. The number of benzene rings is 1. The van der Waals surface area contributed by atoms with Gasteiger partial charge in [0.15, 0.2) is 0 Å². The van der Waals surface area contributed by atoms with Crippen LogP contribution in [-0.4, -0.2) is 29.8 Å². The summed E-state index contributed by atoms with van der Waals surface area (Å²) in [7, 11) is 0. The molecule has 2 atom stereocenters. The van der Waals surface area contributed by atoms with E-state index in [2.05, 4.69) is 17.4 Å². The average Bonchev–Trinajstić information content (AvgIpc) is 3.41. The van der Waals surface area contributed by atoms with Gasteiger partial charge in [0.1, 0.15) is 5.76 Å². The van der Waals surface area contributed by atoms with E-state index >= 15 is 0 Å².